The molecule has 0 radical (unpaired) electrons. The molecule has 0 rings (SSSR count). The topological polar surface area (TPSA) is 104 Å². The van der Waals surface area contributed by atoms with E-state index in [0.717, 1.165) is 81.7 Å². The van der Waals surface area contributed by atoms with E-state index in [-0.39, 0.29) is 5.60 Å². The Morgan fingerprint density at radius 1 is 0.889 bits per heavy atom. The first-order valence-electron chi connectivity index (χ1n) is 10.5. The largest absolute Gasteiger partial charge is 0.423 e. The van der Waals surface area contributed by atoms with Crippen molar-refractivity contribution in [3.8, 4) is 0 Å². The van der Waals surface area contributed by atoms with E-state index in [1.54, 1.807) is 0 Å². The van der Waals surface area contributed by atoms with Gasteiger partial charge < -0.3 is 35.4 Å². The number of hydrogen-bond acceptors (Lipinski definition) is 7. The minimum Gasteiger partial charge on any atom is -0.423 e. The Morgan fingerprint density at radius 3 is 1.78 bits per heavy atom. The van der Waals surface area contributed by atoms with E-state index >= 15 is 0 Å². The second-order valence-electron chi connectivity index (χ2n) is 7.25. The first kappa shape index (κ1) is 29.4. The van der Waals surface area contributed by atoms with Crippen LogP contribution in [0.3, 0.4) is 0 Å². The molecule has 0 bridgehead atoms. The fourth-order valence-electron chi connectivity index (χ4n) is 2.53. The van der Waals surface area contributed by atoms with E-state index < -0.39 is 8.56 Å². The van der Waals surface area contributed by atoms with Gasteiger partial charge in [-0.05, 0) is 72.6 Å². The van der Waals surface area contributed by atoms with E-state index in [4.69, 9.17) is 24.7 Å². The molecule has 0 saturated carbocycles. The molecule has 0 unspecified atom stereocenters. The molecular formula is C18H48N4O3Si2. The molecule has 0 aliphatic rings. The SMILES string of the molecule is CC(C)(CCCNCCN)O[SiH3].CCO[Si](C)(CCCNCCN)OCC. The molecule has 0 aromatic heterocycles. The Hall–Kier alpha value is 0.154. The van der Waals surface area contributed by atoms with Crippen LogP contribution in [0.4, 0.5) is 0 Å². The Kier molecular flexibility index (Phi) is 21.2. The highest BCUT2D eigenvalue weighted by molar-refractivity contribution is 6.66. The van der Waals surface area contributed by atoms with Gasteiger partial charge in [0.25, 0.3) is 0 Å². The third-order valence-electron chi connectivity index (χ3n) is 4.21. The first-order chi connectivity index (χ1) is 12.8. The van der Waals surface area contributed by atoms with Gasteiger partial charge in [-0.15, -0.1) is 0 Å². The predicted molar refractivity (Wildman–Crippen MR) is 122 cm³/mol. The molecule has 166 valence electrons. The summed E-state index contributed by atoms with van der Waals surface area (Å²) in [7, 11) is -1.05. The molecule has 0 aromatic rings. The Morgan fingerprint density at radius 2 is 1.37 bits per heavy atom. The highest BCUT2D eigenvalue weighted by Crippen LogP contribution is 2.15. The third kappa shape index (κ3) is 20.7. The van der Waals surface area contributed by atoms with Crippen molar-refractivity contribution >= 4 is 19.0 Å². The summed E-state index contributed by atoms with van der Waals surface area (Å²) < 4.78 is 16.9. The summed E-state index contributed by atoms with van der Waals surface area (Å²) in [6.45, 7) is 17.3. The second kappa shape index (κ2) is 19.5. The second-order valence-corrected chi connectivity index (χ2v) is 11.0. The molecule has 0 heterocycles. The van der Waals surface area contributed by atoms with Crippen LogP contribution in [-0.4, -0.2) is 77.1 Å². The van der Waals surface area contributed by atoms with Gasteiger partial charge in [0.1, 0.15) is 10.5 Å². The van der Waals surface area contributed by atoms with Crippen molar-refractivity contribution < 1.29 is 13.3 Å². The molecule has 7 nitrogen and oxygen atoms in total. The van der Waals surface area contributed by atoms with Gasteiger partial charge in [-0.2, -0.15) is 0 Å². The maximum absolute atomic E-state index is 5.74. The quantitative estimate of drug-likeness (QED) is 0.199. The summed E-state index contributed by atoms with van der Waals surface area (Å²) >= 11 is 0. The lowest BCUT2D eigenvalue weighted by Crippen LogP contribution is -2.39. The Bertz CT molecular complexity index is 308. The van der Waals surface area contributed by atoms with Gasteiger partial charge in [0.15, 0.2) is 0 Å². The van der Waals surface area contributed by atoms with Crippen LogP contribution in [0.5, 0.6) is 0 Å². The van der Waals surface area contributed by atoms with Gasteiger partial charge in [0.05, 0.1) is 0 Å². The molecule has 0 aromatic carbocycles. The van der Waals surface area contributed by atoms with E-state index in [2.05, 4.69) is 31.0 Å². The van der Waals surface area contributed by atoms with Crippen LogP contribution in [0.25, 0.3) is 0 Å². The van der Waals surface area contributed by atoms with Crippen LogP contribution >= 0.6 is 0 Å². The highest BCUT2D eigenvalue weighted by atomic mass is 28.4. The summed E-state index contributed by atoms with van der Waals surface area (Å²) in [5, 5.41) is 6.54. The molecule has 0 spiro atoms. The molecule has 0 aliphatic heterocycles. The summed E-state index contributed by atoms with van der Waals surface area (Å²) in [5.74, 6) is 0. The number of rotatable bonds is 17. The van der Waals surface area contributed by atoms with Gasteiger partial charge in [0, 0.05) is 45.0 Å². The zero-order valence-electron chi connectivity index (χ0n) is 18.9. The molecule has 6 N–H and O–H groups in total. The van der Waals surface area contributed by atoms with E-state index in [1.165, 1.54) is 0 Å². The summed E-state index contributed by atoms with van der Waals surface area (Å²) in [4.78, 5) is 0. The van der Waals surface area contributed by atoms with Crippen molar-refractivity contribution in [1.82, 2.24) is 10.6 Å². The van der Waals surface area contributed by atoms with Gasteiger partial charge in [0.2, 0.25) is 0 Å². The molecular weight excluding hydrogens is 376 g/mol. The molecule has 27 heavy (non-hydrogen) atoms. The van der Waals surface area contributed by atoms with Gasteiger partial charge in [-0.3, -0.25) is 0 Å². The van der Waals surface area contributed by atoms with E-state index in [1.807, 2.05) is 13.8 Å². The lowest BCUT2D eigenvalue weighted by Gasteiger charge is -2.25. The number of nitrogens with one attached hydrogen (secondary N) is 2. The number of nitrogens with two attached hydrogens (primary N) is 2. The molecule has 0 fully saturated rings. The summed E-state index contributed by atoms with van der Waals surface area (Å²) in [5.41, 5.74) is 10.8. The van der Waals surface area contributed by atoms with Gasteiger partial charge >= 0.3 is 8.56 Å². The summed E-state index contributed by atoms with van der Waals surface area (Å²) in [6, 6.07) is 1.05. The molecule has 9 heteroatoms. The average molecular weight is 425 g/mol. The summed E-state index contributed by atoms with van der Waals surface area (Å²) in [6.07, 6.45) is 3.38. The van der Waals surface area contributed by atoms with Gasteiger partial charge in [-0.25, -0.2) is 0 Å². The minimum atomic E-state index is -1.88. The fraction of sp³-hybridized carbons (Fsp3) is 1.00. The van der Waals surface area contributed by atoms with E-state index in [0.29, 0.717) is 6.54 Å². The molecule has 0 amide bonds. The minimum absolute atomic E-state index is 0.0800. The van der Waals surface area contributed by atoms with Crippen molar-refractivity contribution in [3.63, 3.8) is 0 Å². The van der Waals surface area contributed by atoms with Crippen molar-refractivity contribution in [1.29, 1.82) is 0 Å². The van der Waals surface area contributed by atoms with Crippen LogP contribution in [-0.2, 0) is 13.3 Å². The maximum atomic E-state index is 5.74. The number of hydrogen-bond donors (Lipinski definition) is 4. The Balaban J connectivity index is 0. The van der Waals surface area contributed by atoms with Crippen LogP contribution in [0.2, 0.25) is 12.6 Å². The standard InChI is InChI=1S/C10H26N2O2Si.C8H22N2OSi/c1-4-13-15(3,14-5-2)10-6-8-12-9-7-11;1-8(2,11-12)4-3-6-10-7-5-9/h12H,4-11H2,1-3H3;10H,3-7,9H2,1-2,12H3. The van der Waals surface area contributed by atoms with Crippen molar-refractivity contribution in [2.45, 2.75) is 65.1 Å². The van der Waals surface area contributed by atoms with Crippen LogP contribution in [0.1, 0.15) is 47.0 Å². The zero-order chi connectivity index (χ0) is 21.0. The molecule has 0 atom stereocenters. The average Bonchev–Trinajstić information content (AvgIpc) is 2.62. The van der Waals surface area contributed by atoms with E-state index in [9.17, 15) is 0 Å². The van der Waals surface area contributed by atoms with Crippen molar-refractivity contribution in [3.05, 3.63) is 0 Å². The highest BCUT2D eigenvalue weighted by Gasteiger charge is 2.29. The normalized spacial score (nSPS) is 12.1. The molecule has 0 aliphatic carbocycles. The lowest BCUT2D eigenvalue weighted by atomic mass is 10.0. The van der Waals surface area contributed by atoms with Crippen LogP contribution in [0, 0.1) is 0 Å². The smallest absolute Gasteiger partial charge is 0.334 e. The predicted octanol–water partition coefficient (Wildman–Crippen LogP) is 0.460. The van der Waals surface area contributed by atoms with Crippen LogP contribution < -0.4 is 22.1 Å². The van der Waals surface area contributed by atoms with Gasteiger partial charge in [-0.1, -0.05) is 0 Å². The molecule has 0 saturated heterocycles. The van der Waals surface area contributed by atoms with Crippen molar-refractivity contribution in [2.75, 3.05) is 52.5 Å². The maximum Gasteiger partial charge on any atom is 0.334 e. The fourth-order valence-corrected chi connectivity index (χ4v) is 5.14. The van der Waals surface area contributed by atoms with Crippen molar-refractivity contribution in [2.24, 2.45) is 11.5 Å². The monoisotopic (exact) mass is 424 g/mol. The first-order valence-corrected chi connectivity index (χ1v) is 13.8. The Labute approximate surface area is 172 Å². The van der Waals surface area contributed by atoms with Crippen LogP contribution in [0.15, 0.2) is 0 Å². The zero-order valence-corrected chi connectivity index (χ0v) is 21.9. The third-order valence-corrected chi connectivity index (χ3v) is 8.38. The lowest BCUT2D eigenvalue weighted by molar-refractivity contribution is 0.110.